The van der Waals surface area contributed by atoms with E-state index in [9.17, 15) is 30.4 Å². The van der Waals surface area contributed by atoms with Crippen LogP contribution in [0.5, 0.6) is 0 Å². The van der Waals surface area contributed by atoms with Gasteiger partial charge in [-0.2, -0.15) is 0 Å². The maximum Gasteiger partial charge on any atom is 0.673 e. The fourth-order valence-electron chi connectivity index (χ4n) is 2.89. The van der Waals surface area contributed by atoms with Crippen LogP contribution in [-0.4, -0.2) is 7.25 Å². The van der Waals surface area contributed by atoms with Crippen LogP contribution in [0.4, 0.5) is 30.4 Å². The largest absolute Gasteiger partial charge is 0.673 e. The van der Waals surface area contributed by atoms with Crippen LogP contribution < -0.4 is 0 Å². The van der Waals surface area contributed by atoms with Crippen molar-refractivity contribution >= 4 is 27.8 Å². The predicted octanol–water partition coefficient (Wildman–Crippen LogP) is 8.33. The zero-order chi connectivity index (χ0) is 21.3. The molecule has 0 aliphatic rings. The van der Waals surface area contributed by atoms with E-state index < -0.39 is 23.2 Å². The summed E-state index contributed by atoms with van der Waals surface area (Å²) < 4.78 is 80.7. The average Bonchev–Trinajstić information content (AvgIpc) is 2.92. The molecule has 1 unspecified atom stereocenters. The van der Waals surface area contributed by atoms with Gasteiger partial charge in [-0.05, 0) is 29.2 Å². The quantitative estimate of drug-likeness (QED) is 0.210. The highest BCUT2D eigenvalue weighted by Gasteiger charge is 2.48. The highest BCUT2D eigenvalue weighted by Crippen LogP contribution is 2.55. The smallest absolute Gasteiger partial charge is 0.418 e. The first-order chi connectivity index (χ1) is 12.7. The summed E-state index contributed by atoms with van der Waals surface area (Å²) in [6.07, 6.45) is 0. The first-order valence-electron chi connectivity index (χ1n) is 8.28. The molecule has 0 saturated carbocycles. The third-order valence-electron chi connectivity index (χ3n) is 3.88. The summed E-state index contributed by atoms with van der Waals surface area (Å²) in [6, 6.07) is 16.0. The van der Waals surface area contributed by atoms with Crippen molar-refractivity contribution in [2.75, 3.05) is 0 Å². The van der Waals surface area contributed by atoms with E-state index in [1.807, 2.05) is 45.0 Å². The number of hydrogen-bond acceptors (Lipinski definition) is 0. The molecule has 1 heterocycles. The molecular weight excluding hydrogens is 404 g/mol. The van der Waals surface area contributed by atoms with E-state index >= 15 is 0 Å². The molecule has 0 nitrogen and oxygen atoms in total. The van der Waals surface area contributed by atoms with Crippen molar-refractivity contribution in [3.63, 3.8) is 0 Å². The highest BCUT2D eigenvalue weighted by molar-refractivity contribution is 7.41. The molecule has 0 bridgehead atoms. The van der Waals surface area contributed by atoms with E-state index in [0.29, 0.717) is 20.5 Å². The van der Waals surface area contributed by atoms with Crippen LogP contribution in [-0.2, 0) is 10.9 Å². The molecule has 0 N–H and O–H groups in total. The van der Waals surface area contributed by atoms with Gasteiger partial charge < -0.3 is 17.3 Å². The second kappa shape index (κ2) is 7.77. The molecule has 0 aliphatic heterocycles. The van der Waals surface area contributed by atoms with Gasteiger partial charge in [-0.15, -0.1) is 13.2 Å². The number of benzene rings is 2. The summed E-state index contributed by atoms with van der Waals surface area (Å²) in [4.78, 5) is 0.379. The standard InChI is InChI=1S/C19H18F3S.BF4/c1-18(2,3)15-10-6-5-9-14(15)17-12-13-8-4-7-11-16(13)23(17)19(20,21)22;2-1(3,4)5/h4-12H,1-3H3;/q+1;-1. The van der Waals surface area contributed by atoms with Crippen molar-refractivity contribution in [1.29, 1.82) is 0 Å². The molecule has 28 heavy (non-hydrogen) atoms. The van der Waals surface area contributed by atoms with Crippen molar-refractivity contribution in [2.45, 2.75) is 31.7 Å². The first-order valence-corrected chi connectivity index (χ1v) is 9.51. The molecule has 0 amide bonds. The summed E-state index contributed by atoms with van der Waals surface area (Å²) in [5, 5.41) is 0.673. The van der Waals surface area contributed by atoms with Crippen LogP contribution in [0.3, 0.4) is 0 Å². The van der Waals surface area contributed by atoms with Gasteiger partial charge in [0.05, 0.1) is 0 Å². The van der Waals surface area contributed by atoms with Crippen LogP contribution >= 0.6 is 10.5 Å². The fraction of sp³-hybridized carbons (Fsp3) is 0.263. The normalized spacial score (nSPS) is 13.3. The van der Waals surface area contributed by atoms with E-state index in [2.05, 4.69) is 0 Å². The van der Waals surface area contributed by atoms with E-state index in [-0.39, 0.29) is 5.41 Å². The first kappa shape index (κ1) is 22.3. The lowest BCUT2D eigenvalue weighted by Gasteiger charge is -2.21. The zero-order valence-electron chi connectivity index (χ0n) is 15.3. The summed E-state index contributed by atoms with van der Waals surface area (Å²) >= 11 is 0. The Hall–Kier alpha value is -2.03. The minimum atomic E-state index is -6.00. The minimum absolute atomic E-state index is 0.215. The number of halogens is 7. The average molecular weight is 422 g/mol. The second-order valence-electron chi connectivity index (χ2n) is 7.09. The topological polar surface area (TPSA) is 0 Å². The maximum absolute atomic E-state index is 13.8. The molecular formula is C19H18BF7S. The molecule has 1 aromatic heterocycles. The van der Waals surface area contributed by atoms with Gasteiger partial charge in [-0.1, -0.05) is 51.1 Å². The van der Waals surface area contributed by atoms with Gasteiger partial charge in [0.15, 0.2) is 9.58 Å². The SMILES string of the molecule is CC(C)(C)c1ccccc1-c1cc2ccccc2[s+]1C(F)(F)F.F[B-](F)(F)F. The monoisotopic (exact) mass is 422 g/mol. The molecule has 3 aromatic rings. The second-order valence-corrected chi connectivity index (χ2v) is 9.04. The molecule has 0 aliphatic carbocycles. The molecule has 0 radical (unpaired) electrons. The van der Waals surface area contributed by atoms with Crippen LogP contribution in [0.15, 0.2) is 54.6 Å². The lowest BCUT2D eigenvalue weighted by atomic mass is 9.83. The Morgan fingerprint density at radius 1 is 0.786 bits per heavy atom. The number of thiophene rings is 1. The van der Waals surface area contributed by atoms with Crippen molar-refractivity contribution in [3.05, 3.63) is 60.2 Å². The Morgan fingerprint density at radius 3 is 1.82 bits per heavy atom. The number of rotatable bonds is 1. The molecule has 152 valence electrons. The highest BCUT2D eigenvalue weighted by atomic mass is 32.2. The van der Waals surface area contributed by atoms with Crippen molar-refractivity contribution in [1.82, 2.24) is 0 Å². The Balaban J connectivity index is 0.000000500. The summed E-state index contributed by atoms with van der Waals surface area (Å²) in [5.74, 6) is 0. The van der Waals surface area contributed by atoms with Gasteiger partial charge in [0.25, 0.3) is 0 Å². The lowest BCUT2D eigenvalue weighted by molar-refractivity contribution is -0.0864. The van der Waals surface area contributed by atoms with Crippen LogP contribution in [0.2, 0.25) is 0 Å². The van der Waals surface area contributed by atoms with E-state index in [1.54, 1.807) is 30.3 Å². The van der Waals surface area contributed by atoms with Crippen LogP contribution in [0.25, 0.3) is 20.5 Å². The Morgan fingerprint density at radius 2 is 1.29 bits per heavy atom. The summed E-state index contributed by atoms with van der Waals surface area (Å²) in [5.41, 5.74) is -2.84. The Bertz CT molecular complexity index is 943. The third-order valence-corrected chi connectivity index (χ3v) is 5.93. The molecule has 9 heteroatoms. The van der Waals surface area contributed by atoms with Gasteiger partial charge in [0.1, 0.15) is 10.5 Å². The van der Waals surface area contributed by atoms with Crippen LogP contribution in [0, 0.1) is 0 Å². The van der Waals surface area contributed by atoms with Crippen LogP contribution in [0.1, 0.15) is 26.3 Å². The number of alkyl halides is 3. The summed E-state index contributed by atoms with van der Waals surface area (Å²) in [7, 11) is -7.89. The van der Waals surface area contributed by atoms with Gasteiger partial charge in [-0.25, -0.2) is 0 Å². The molecule has 0 fully saturated rings. The predicted molar refractivity (Wildman–Crippen MR) is 102 cm³/mol. The molecule has 2 aromatic carbocycles. The molecule has 0 saturated heterocycles. The van der Waals surface area contributed by atoms with Gasteiger partial charge >= 0.3 is 12.8 Å². The molecule has 1 atom stereocenters. The molecule has 0 spiro atoms. The number of hydrogen-bond donors (Lipinski definition) is 0. The maximum atomic E-state index is 13.8. The van der Waals surface area contributed by atoms with Crippen molar-refractivity contribution in [3.8, 4) is 10.4 Å². The van der Waals surface area contributed by atoms with Gasteiger partial charge in [0, 0.05) is 17.0 Å². The third kappa shape index (κ3) is 5.50. The Kier molecular flexibility index (Phi) is 6.18. The summed E-state index contributed by atoms with van der Waals surface area (Å²) in [6.45, 7) is 6.08. The van der Waals surface area contributed by atoms with Gasteiger partial charge in [-0.3, -0.25) is 0 Å². The van der Waals surface area contributed by atoms with Gasteiger partial charge in [0.2, 0.25) is 0 Å². The number of fused-ring (bicyclic) bond motifs is 1. The minimum Gasteiger partial charge on any atom is -0.418 e. The van der Waals surface area contributed by atoms with E-state index in [4.69, 9.17) is 0 Å². The molecule has 3 rings (SSSR count). The van der Waals surface area contributed by atoms with E-state index in [0.717, 1.165) is 5.56 Å². The zero-order valence-corrected chi connectivity index (χ0v) is 16.1. The van der Waals surface area contributed by atoms with Crippen molar-refractivity contribution < 1.29 is 30.4 Å². The fourth-order valence-corrected chi connectivity index (χ4v) is 4.85. The van der Waals surface area contributed by atoms with E-state index in [1.165, 1.54) is 0 Å². The lowest BCUT2D eigenvalue weighted by Crippen LogP contribution is -2.12. The Labute approximate surface area is 161 Å². The van der Waals surface area contributed by atoms with Crippen molar-refractivity contribution in [2.24, 2.45) is 0 Å².